The van der Waals surface area contributed by atoms with E-state index in [1.165, 1.54) is 44.2 Å². The molecule has 24 heavy (non-hydrogen) atoms. The summed E-state index contributed by atoms with van der Waals surface area (Å²) in [4.78, 5) is 2.78. The SMILES string of the molecule is CCCC[C@H]1[C@@H]2CCN(Cc3ccccc3)[C@H]1Cc1ccccc12. The molecule has 1 nitrogen and oxygen atoms in total. The summed E-state index contributed by atoms with van der Waals surface area (Å²) in [5.74, 6) is 1.64. The van der Waals surface area contributed by atoms with Crippen molar-refractivity contribution in [1.29, 1.82) is 0 Å². The van der Waals surface area contributed by atoms with Gasteiger partial charge in [0.1, 0.15) is 0 Å². The van der Waals surface area contributed by atoms with Crippen molar-refractivity contribution < 1.29 is 0 Å². The lowest BCUT2D eigenvalue weighted by Gasteiger charge is -2.50. The molecule has 2 bridgehead atoms. The smallest absolute Gasteiger partial charge is 0.0236 e. The van der Waals surface area contributed by atoms with Gasteiger partial charge in [-0.3, -0.25) is 4.90 Å². The monoisotopic (exact) mass is 319 g/mol. The van der Waals surface area contributed by atoms with E-state index in [9.17, 15) is 0 Å². The molecule has 1 fully saturated rings. The molecule has 3 atom stereocenters. The summed E-state index contributed by atoms with van der Waals surface area (Å²) >= 11 is 0. The molecule has 1 saturated heterocycles. The molecular formula is C23H29N. The Kier molecular flexibility index (Phi) is 4.71. The van der Waals surface area contributed by atoms with E-state index in [0.29, 0.717) is 0 Å². The van der Waals surface area contributed by atoms with Crippen LogP contribution in [0.3, 0.4) is 0 Å². The van der Waals surface area contributed by atoms with E-state index >= 15 is 0 Å². The van der Waals surface area contributed by atoms with Crippen LogP contribution in [-0.4, -0.2) is 17.5 Å². The van der Waals surface area contributed by atoms with Crippen LogP contribution in [0, 0.1) is 5.92 Å². The van der Waals surface area contributed by atoms with Gasteiger partial charge in [0.2, 0.25) is 0 Å². The zero-order valence-electron chi connectivity index (χ0n) is 14.8. The van der Waals surface area contributed by atoms with Crippen molar-refractivity contribution >= 4 is 0 Å². The van der Waals surface area contributed by atoms with Gasteiger partial charge in [-0.2, -0.15) is 0 Å². The number of likely N-dealkylation sites (tertiary alicyclic amines) is 1. The molecule has 0 amide bonds. The number of unbranched alkanes of at least 4 members (excludes halogenated alkanes) is 1. The predicted octanol–water partition coefficient (Wildman–Crippen LogP) is 5.41. The van der Waals surface area contributed by atoms with Crippen molar-refractivity contribution in [3.05, 3.63) is 71.3 Å². The summed E-state index contributed by atoms with van der Waals surface area (Å²) in [6.07, 6.45) is 6.66. The van der Waals surface area contributed by atoms with E-state index in [-0.39, 0.29) is 0 Å². The quantitative estimate of drug-likeness (QED) is 0.712. The van der Waals surface area contributed by atoms with E-state index in [1.807, 2.05) is 0 Å². The van der Waals surface area contributed by atoms with Gasteiger partial charge in [0, 0.05) is 12.6 Å². The number of hydrogen-bond donors (Lipinski definition) is 0. The Labute approximate surface area is 146 Å². The summed E-state index contributed by atoms with van der Waals surface area (Å²) in [5.41, 5.74) is 4.73. The highest BCUT2D eigenvalue weighted by Crippen LogP contribution is 2.46. The third-order valence-electron chi connectivity index (χ3n) is 6.21. The van der Waals surface area contributed by atoms with E-state index < -0.39 is 0 Å². The first-order valence-electron chi connectivity index (χ1n) is 9.72. The van der Waals surface area contributed by atoms with Crippen LogP contribution < -0.4 is 0 Å². The van der Waals surface area contributed by atoms with Crippen LogP contribution in [0.5, 0.6) is 0 Å². The van der Waals surface area contributed by atoms with Crippen LogP contribution in [0.1, 0.15) is 55.2 Å². The molecule has 1 heteroatoms. The fourth-order valence-electron chi connectivity index (χ4n) is 5.05. The lowest BCUT2D eigenvalue weighted by atomic mass is 9.66. The van der Waals surface area contributed by atoms with Crippen molar-refractivity contribution in [2.24, 2.45) is 5.92 Å². The zero-order chi connectivity index (χ0) is 16.4. The average molecular weight is 319 g/mol. The number of hydrogen-bond acceptors (Lipinski definition) is 1. The first-order valence-corrected chi connectivity index (χ1v) is 9.72. The van der Waals surface area contributed by atoms with E-state index in [2.05, 4.69) is 66.4 Å². The lowest BCUT2D eigenvalue weighted by molar-refractivity contribution is 0.0528. The molecule has 0 spiro atoms. The maximum Gasteiger partial charge on any atom is 0.0236 e. The van der Waals surface area contributed by atoms with Gasteiger partial charge in [0.15, 0.2) is 0 Å². The Hall–Kier alpha value is -1.60. The molecule has 126 valence electrons. The third-order valence-corrected chi connectivity index (χ3v) is 6.21. The number of rotatable bonds is 5. The summed E-state index contributed by atoms with van der Waals surface area (Å²) < 4.78 is 0. The van der Waals surface area contributed by atoms with Gasteiger partial charge in [-0.1, -0.05) is 74.4 Å². The topological polar surface area (TPSA) is 3.24 Å². The van der Waals surface area contributed by atoms with Gasteiger partial charge in [-0.25, -0.2) is 0 Å². The second kappa shape index (κ2) is 7.11. The molecule has 4 rings (SSSR count). The third kappa shape index (κ3) is 3.02. The normalized spacial score (nSPS) is 26.1. The van der Waals surface area contributed by atoms with Gasteiger partial charge in [0.05, 0.1) is 0 Å². The molecular weight excluding hydrogens is 290 g/mol. The summed E-state index contributed by atoms with van der Waals surface area (Å²) in [6, 6.07) is 21.0. The molecule has 2 aromatic rings. The van der Waals surface area contributed by atoms with Crippen LogP contribution >= 0.6 is 0 Å². The maximum absolute atomic E-state index is 2.78. The Balaban J connectivity index is 1.61. The molecule has 2 aliphatic rings. The Morgan fingerprint density at radius 3 is 2.62 bits per heavy atom. The highest BCUT2D eigenvalue weighted by Gasteiger charge is 2.42. The van der Waals surface area contributed by atoms with Crippen LogP contribution in [0.4, 0.5) is 0 Å². The van der Waals surface area contributed by atoms with Crippen LogP contribution in [0.25, 0.3) is 0 Å². The van der Waals surface area contributed by atoms with Gasteiger partial charge in [-0.05, 0) is 54.3 Å². The number of benzene rings is 2. The number of nitrogens with zero attached hydrogens (tertiary/aromatic N) is 1. The average Bonchev–Trinajstić information content (AvgIpc) is 2.63. The second-order valence-electron chi connectivity index (χ2n) is 7.63. The van der Waals surface area contributed by atoms with Gasteiger partial charge in [-0.15, -0.1) is 0 Å². The minimum absolute atomic E-state index is 0.727. The predicted molar refractivity (Wildman–Crippen MR) is 101 cm³/mol. The molecule has 0 N–H and O–H groups in total. The number of piperidine rings is 1. The molecule has 2 aromatic carbocycles. The fourth-order valence-corrected chi connectivity index (χ4v) is 5.05. The minimum atomic E-state index is 0.727. The largest absolute Gasteiger partial charge is 0.295 e. The first kappa shape index (κ1) is 15.9. The van der Waals surface area contributed by atoms with Crippen LogP contribution in [0.15, 0.2) is 54.6 Å². The first-order chi connectivity index (χ1) is 11.9. The molecule has 0 unspecified atom stereocenters. The molecule has 0 aromatic heterocycles. The van der Waals surface area contributed by atoms with E-state index in [1.54, 1.807) is 11.1 Å². The minimum Gasteiger partial charge on any atom is -0.295 e. The van der Waals surface area contributed by atoms with Crippen molar-refractivity contribution in [1.82, 2.24) is 4.90 Å². The summed E-state index contributed by atoms with van der Waals surface area (Å²) in [7, 11) is 0. The lowest BCUT2D eigenvalue weighted by Crippen LogP contribution is -2.51. The summed E-state index contributed by atoms with van der Waals surface area (Å²) in [6.45, 7) is 4.69. The molecule has 1 aliphatic heterocycles. The maximum atomic E-state index is 2.78. The number of fused-ring (bicyclic) bond motifs is 4. The molecule has 1 aliphatic carbocycles. The highest BCUT2D eigenvalue weighted by molar-refractivity contribution is 5.36. The van der Waals surface area contributed by atoms with E-state index in [0.717, 1.165) is 24.4 Å². The highest BCUT2D eigenvalue weighted by atomic mass is 15.2. The molecule has 0 radical (unpaired) electrons. The van der Waals surface area contributed by atoms with E-state index in [4.69, 9.17) is 0 Å². The van der Waals surface area contributed by atoms with Crippen molar-refractivity contribution in [2.45, 2.75) is 57.5 Å². The van der Waals surface area contributed by atoms with Crippen LogP contribution in [-0.2, 0) is 13.0 Å². The Morgan fingerprint density at radius 1 is 1.00 bits per heavy atom. The standard InChI is InChI=1S/C23H29N/c1-2-3-12-22-21-14-15-24(17-18-9-5-4-6-10-18)23(22)16-19-11-7-8-13-20(19)21/h4-11,13,21-23H,2-3,12,14-17H2,1H3/t21-,22+,23+/m1/s1. The summed E-state index contributed by atoms with van der Waals surface area (Å²) in [5, 5.41) is 0. The van der Waals surface area contributed by atoms with Crippen molar-refractivity contribution in [2.75, 3.05) is 6.54 Å². The van der Waals surface area contributed by atoms with Gasteiger partial charge in [0.25, 0.3) is 0 Å². The Bertz CT molecular complexity index is 663. The van der Waals surface area contributed by atoms with Gasteiger partial charge >= 0.3 is 0 Å². The molecule has 1 heterocycles. The van der Waals surface area contributed by atoms with Crippen molar-refractivity contribution in [3.63, 3.8) is 0 Å². The van der Waals surface area contributed by atoms with Gasteiger partial charge < -0.3 is 0 Å². The zero-order valence-corrected chi connectivity index (χ0v) is 14.8. The fraction of sp³-hybridized carbons (Fsp3) is 0.478. The van der Waals surface area contributed by atoms with Crippen LogP contribution in [0.2, 0.25) is 0 Å². The second-order valence-corrected chi connectivity index (χ2v) is 7.63. The molecule has 0 saturated carbocycles. The Morgan fingerprint density at radius 2 is 1.79 bits per heavy atom. The van der Waals surface area contributed by atoms with Crippen molar-refractivity contribution in [3.8, 4) is 0 Å².